The summed E-state index contributed by atoms with van der Waals surface area (Å²) in [5.74, 6) is 1.63. The van der Waals surface area contributed by atoms with Crippen molar-refractivity contribution in [1.29, 1.82) is 0 Å². The van der Waals surface area contributed by atoms with Gasteiger partial charge in [0.2, 0.25) is 12.7 Å². The maximum atomic E-state index is 13.6. The van der Waals surface area contributed by atoms with Gasteiger partial charge in [-0.3, -0.25) is 9.36 Å². The lowest BCUT2D eigenvalue weighted by molar-refractivity contribution is -0.120. The van der Waals surface area contributed by atoms with Crippen LogP contribution < -0.4 is 14.8 Å². The lowest BCUT2D eigenvalue weighted by Crippen LogP contribution is -2.30. The molecule has 4 aromatic rings. The summed E-state index contributed by atoms with van der Waals surface area (Å²) in [5.41, 5.74) is 2.73. The highest BCUT2D eigenvalue weighted by Gasteiger charge is 2.22. The summed E-state index contributed by atoms with van der Waals surface area (Å²) in [5, 5.41) is 11.8. The molecule has 9 heteroatoms. The van der Waals surface area contributed by atoms with Gasteiger partial charge in [-0.15, -0.1) is 10.2 Å². The molecule has 0 saturated heterocycles. The van der Waals surface area contributed by atoms with Crippen molar-refractivity contribution < 1.29 is 18.7 Å². The average Bonchev–Trinajstić information content (AvgIpc) is 3.50. The molecule has 0 saturated carbocycles. The van der Waals surface area contributed by atoms with Crippen LogP contribution in [0.1, 0.15) is 23.9 Å². The van der Waals surface area contributed by atoms with Gasteiger partial charge >= 0.3 is 0 Å². The third-order valence-corrected chi connectivity index (χ3v) is 6.59. The quantitative estimate of drug-likeness (QED) is 0.366. The standard InChI is InChI=1S/C26H23FN4O3S/c1-17(25(32)28-15-19-7-12-22-23(13-19)34-16-33-22)35-26-30-29-24(14-18-5-3-2-4-6-18)31(26)21-10-8-20(27)9-11-21/h2-13,17H,14-16H2,1H3,(H,28,32)/t17-/m1/s1. The van der Waals surface area contributed by atoms with Crippen LogP contribution in [0.4, 0.5) is 4.39 Å². The van der Waals surface area contributed by atoms with E-state index in [0.29, 0.717) is 35.4 Å². The molecule has 7 nitrogen and oxygen atoms in total. The van der Waals surface area contributed by atoms with Gasteiger partial charge in [-0.05, 0) is 54.4 Å². The minimum atomic E-state index is -0.433. The number of carbonyl (C=O) groups is 1. The zero-order chi connectivity index (χ0) is 24.2. The first-order valence-corrected chi connectivity index (χ1v) is 12.0. The number of hydrogen-bond donors (Lipinski definition) is 1. The van der Waals surface area contributed by atoms with Gasteiger partial charge in [0, 0.05) is 18.7 Å². The van der Waals surface area contributed by atoms with Crippen LogP contribution in [0.3, 0.4) is 0 Å². The van der Waals surface area contributed by atoms with Gasteiger partial charge in [-0.1, -0.05) is 48.2 Å². The molecule has 178 valence electrons. The number of fused-ring (bicyclic) bond motifs is 1. The molecule has 1 N–H and O–H groups in total. The van der Waals surface area contributed by atoms with Crippen molar-refractivity contribution in [3.63, 3.8) is 0 Å². The van der Waals surface area contributed by atoms with Gasteiger partial charge in [0.05, 0.1) is 5.25 Å². The Morgan fingerprint density at radius 2 is 1.80 bits per heavy atom. The summed E-state index contributed by atoms with van der Waals surface area (Å²) in [7, 11) is 0. The number of nitrogens with zero attached hydrogens (tertiary/aromatic N) is 3. The minimum Gasteiger partial charge on any atom is -0.454 e. The van der Waals surface area contributed by atoms with E-state index in [4.69, 9.17) is 9.47 Å². The average molecular weight is 491 g/mol. The minimum absolute atomic E-state index is 0.133. The highest BCUT2D eigenvalue weighted by Crippen LogP contribution is 2.32. The largest absolute Gasteiger partial charge is 0.454 e. The molecule has 1 aliphatic heterocycles. The molecule has 0 radical (unpaired) electrons. The predicted octanol–water partition coefficient (Wildman–Crippen LogP) is 4.52. The monoisotopic (exact) mass is 490 g/mol. The van der Waals surface area contributed by atoms with Crippen LogP contribution in [0.15, 0.2) is 78.0 Å². The third-order valence-electron chi connectivity index (χ3n) is 5.55. The second-order valence-corrected chi connectivity index (χ2v) is 9.35. The zero-order valence-electron chi connectivity index (χ0n) is 19.0. The normalized spacial score (nSPS) is 13.0. The van der Waals surface area contributed by atoms with Crippen molar-refractivity contribution in [2.45, 2.75) is 30.3 Å². The molecule has 0 unspecified atom stereocenters. The summed E-state index contributed by atoms with van der Waals surface area (Å²) in [6, 6.07) is 21.7. The first-order chi connectivity index (χ1) is 17.1. The van der Waals surface area contributed by atoms with E-state index in [-0.39, 0.29) is 18.5 Å². The Morgan fingerprint density at radius 1 is 1.03 bits per heavy atom. The lowest BCUT2D eigenvalue weighted by Gasteiger charge is -2.14. The summed E-state index contributed by atoms with van der Waals surface area (Å²) in [6.07, 6.45) is 0.552. The van der Waals surface area contributed by atoms with Crippen LogP contribution in [-0.2, 0) is 17.8 Å². The van der Waals surface area contributed by atoms with Crippen LogP contribution in [-0.4, -0.2) is 32.7 Å². The van der Waals surface area contributed by atoms with Gasteiger partial charge < -0.3 is 14.8 Å². The van der Waals surface area contributed by atoms with Crippen molar-refractivity contribution in [2.75, 3.05) is 6.79 Å². The van der Waals surface area contributed by atoms with Gasteiger partial charge in [0.1, 0.15) is 11.6 Å². The van der Waals surface area contributed by atoms with Crippen LogP contribution in [0.2, 0.25) is 0 Å². The molecule has 0 aliphatic carbocycles. The summed E-state index contributed by atoms with van der Waals surface area (Å²) in [4.78, 5) is 12.8. The SMILES string of the molecule is C[C@@H](Sc1nnc(Cc2ccccc2)n1-c1ccc(F)cc1)C(=O)NCc1ccc2c(c1)OCO2. The Bertz CT molecular complexity index is 1330. The molecule has 0 fully saturated rings. The van der Waals surface area contributed by atoms with E-state index in [1.807, 2.05) is 60.0 Å². The number of amides is 1. The Morgan fingerprint density at radius 3 is 2.60 bits per heavy atom. The number of thioether (sulfide) groups is 1. The van der Waals surface area contributed by atoms with Crippen LogP contribution in [0, 0.1) is 5.82 Å². The third kappa shape index (κ3) is 5.30. The molecule has 1 aliphatic rings. The van der Waals surface area contributed by atoms with Gasteiger partial charge in [0.15, 0.2) is 16.7 Å². The second kappa shape index (κ2) is 10.2. The van der Waals surface area contributed by atoms with Gasteiger partial charge in [0.25, 0.3) is 0 Å². The van der Waals surface area contributed by atoms with Crippen LogP contribution in [0.25, 0.3) is 5.69 Å². The molecule has 1 aromatic heterocycles. The zero-order valence-corrected chi connectivity index (χ0v) is 19.8. The van der Waals surface area contributed by atoms with Crippen molar-refractivity contribution in [3.05, 3.63) is 95.6 Å². The molecule has 0 spiro atoms. The molecule has 1 atom stereocenters. The number of rotatable bonds is 8. The molecule has 1 amide bonds. The molecule has 35 heavy (non-hydrogen) atoms. The Balaban J connectivity index is 1.32. The number of ether oxygens (including phenoxy) is 2. The number of aromatic nitrogens is 3. The van der Waals surface area contributed by atoms with E-state index in [1.165, 1.54) is 23.9 Å². The lowest BCUT2D eigenvalue weighted by atomic mass is 10.1. The van der Waals surface area contributed by atoms with Gasteiger partial charge in [-0.2, -0.15) is 0 Å². The summed E-state index contributed by atoms with van der Waals surface area (Å²) in [6.45, 7) is 2.39. The highest BCUT2D eigenvalue weighted by molar-refractivity contribution is 8.00. The number of nitrogens with one attached hydrogen (secondary N) is 1. The first kappa shape index (κ1) is 22.9. The second-order valence-electron chi connectivity index (χ2n) is 8.04. The number of halogens is 1. The Labute approximate surface area is 206 Å². The first-order valence-electron chi connectivity index (χ1n) is 11.1. The number of carbonyl (C=O) groups excluding carboxylic acids is 1. The Hall–Kier alpha value is -3.85. The van der Waals surface area contributed by atoms with E-state index in [1.54, 1.807) is 12.1 Å². The van der Waals surface area contributed by atoms with E-state index < -0.39 is 5.25 Å². The summed E-state index contributed by atoms with van der Waals surface area (Å²) >= 11 is 1.30. The predicted molar refractivity (Wildman–Crippen MR) is 130 cm³/mol. The fourth-order valence-electron chi connectivity index (χ4n) is 3.71. The number of hydrogen-bond acceptors (Lipinski definition) is 6. The molecule has 2 heterocycles. The Kier molecular flexibility index (Phi) is 6.67. The molecular formula is C26H23FN4O3S. The maximum Gasteiger partial charge on any atom is 0.233 e. The topological polar surface area (TPSA) is 78.3 Å². The molecular weight excluding hydrogens is 467 g/mol. The van der Waals surface area contributed by atoms with Crippen LogP contribution in [0.5, 0.6) is 11.5 Å². The summed E-state index contributed by atoms with van der Waals surface area (Å²) < 4.78 is 26.2. The van der Waals surface area contributed by atoms with Crippen molar-refractivity contribution >= 4 is 17.7 Å². The highest BCUT2D eigenvalue weighted by atomic mass is 32.2. The molecule has 0 bridgehead atoms. The molecule has 3 aromatic carbocycles. The van der Waals surface area contributed by atoms with Crippen molar-refractivity contribution in [2.24, 2.45) is 0 Å². The van der Waals surface area contributed by atoms with Crippen molar-refractivity contribution in [3.8, 4) is 17.2 Å². The van der Waals surface area contributed by atoms with Crippen LogP contribution >= 0.6 is 11.8 Å². The van der Waals surface area contributed by atoms with Gasteiger partial charge in [-0.25, -0.2) is 4.39 Å². The fourth-order valence-corrected chi connectivity index (χ4v) is 4.63. The van der Waals surface area contributed by atoms with Crippen molar-refractivity contribution in [1.82, 2.24) is 20.1 Å². The van der Waals surface area contributed by atoms with E-state index in [0.717, 1.165) is 16.8 Å². The number of benzene rings is 3. The molecule has 5 rings (SSSR count). The fraction of sp³-hybridized carbons (Fsp3) is 0.192. The van der Waals surface area contributed by atoms with E-state index in [2.05, 4.69) is 15.5 Å². The van der Waals surface area contributed by atoms with E-state index >= 15 is 0 Å². The van der Waals surface area contributed by atoms with E-state index in [9.17, 15) is 9.18 Å². The smallest absolute Gasteiger partial charge is 0.233 e. The maximum absolute atomic E-state index is 13.6.